The Hall–Kier alpha value is -2.87. The van der Waals surface area contributed by atoms with E-state index in [2.05, 4.69) is 15.5 Å². The number of anilines is 2. The molecule has 1 aliphatic heterocycles. The number of aliphatic hydroxyl groups is 1. The van der Waals surface area contributed by atoms with Gasteiger partial charge in [0, 0.05) is 47.7 Å². The van der Waals surface area contributed by atoms with Crippen molar-refractivity contribution in [2.24, 2.45) is 0 Å². The number of pyridine rings is 1. The van der Waals surface area contributed by atoms with Crippen LogP contribution in [0.3, 0.4) is 0 Å². The highest BCUT2D eigenvalue weighted by atomic mass is 35.5. The number of para-hydroxylation sites is 1. The Morgan fingerprint density at radius 3 is 2.94 bits per heavy atom. The molecule has 0 bridgehead atoms. The number of rotatable bonds is 7. The number of nitrogens with zero attached hydrogens (tertiary/aromatic N) is 2. The maximum absolute atomic E-state index is 12.7. The maximum atomic E-state index is 12.7. The predicted octanol–water partition coefficient (Wildman–Crippen LogP) is 3.30. The van der Waals surface area contributed by atoms with E-state index < -0.39 is 0 Å². The van der Waals surface area contributed by atoms with Crippen LogP contribution in [0.5, 0.6) is 5.75 Å². The molecule has 1 aliphatic rings. The minimum atomic E-state index is -0.136. The molecule has 0 saturated carbocycles. The van der Waals surface area contributed by atoms with Crippen LogP contribution in [0.25, 0.3) is 10.9 Å². The topological polar surface area (TPSA) is 86.7 Å². The lowest BCUT2D eigenvalue weighted by molar-refractivity contribution is -0.117. The monoisotopic (exact) mass is 440 g/mol. The number of benzene rings is 2. The first kappa shape index (κ1) is 21.4. The fourth-order valence-corrected chi connectivity index (χ4v) is 4.11. The van der Waals surface area contributed by atoms with Gasteiger partial charge in [-0.1, -0.05) is 29.8 Å². The second kappa shape index (κ2) is 9.51. The molecule has 1 amide bonds. The molecule has 0 spiro atoms. The second-order valence-electron chi connectivity index (χ2n) is 7.43. The minimum absolute atomic E-state index is 0.0407. The summed E-state index contributed by atoms with van der Waals surface area (Å²) in [5.41, 5.74) is 4.58. The van der Waals surface area contributed by atoms with Gasteiger partial charge >= 0.3 is 0 Å². The number of carbonyl (C=O) groups excluding carboxylic acids is 1. The van der Waals surface area contributed by atoms with Gasteiger partial charge in [-0.2, -0.15) is 0 Å². The van der Waals surface area contributed by atoms with E-state index in [1.165, 1.54) is 0 Å². The molecule has 0 radical (unpaired) electrons. The lowest BCUT2D eigenvalue weighted by Gasteiger charge is -2.30. The largest absolute Gasteiger partial charge is 0.495 e. The highest BCUT2D eigenvalue weighted by Crippen LogP contribution is 2.32. The summed E-state index contributed by atoms with van der Waals surface area (Å²) in [7, 11) is 1.55. The number of hydrogen-bond acceptors (Lipinski definition) is 6. The van der Waals surface area contributed by atoms with Gasteiger partial charge in [0.25, 0.3) is 0 Å². The highest BCUT2D eigenvalue weighted by Gasteiger charge is 2.24. The van der Waals surface area contributed by atoms with Crippen LogP contribution >= 0.6 is 11.6 Å². The Labute approximate surface area is 186 Å². The van der Waals surface area contributed by atoms with Crippen LogP contribution in [-0.4, -0.2) is 54.2 Å². The summed E-state index contributed by atoms with van der Waals surface area (Å²) in [6.07, 6.45) is 0.752. The fourth-order valence-electron chi connectivity index (χ4n) is 3.93. The Balaban J connectivity index is 1.54. The Bertz CT molecular complexity index is 1110. The van der Waals surface area contributed by atoms with E-state index in [-0.39, 0.29) is 19.1 Å². The van der Waals surface area contributed by atoms with Crippen molar-refractivity contribution in [3.63, 3.8) is 0 Å². The van der Waals surface area contributed by atoms with E-state index in [1.807, 2.05) is 24.3 Å². The van der Waals surface area contributed by atoms with Crippen LogP contribution < -0.4 is 15.4 Å². The average molecular weight is 441 g/mol. The average Bonchev–Trinajstić information content (AvgIpc) is 2.77. The van der Waals surface area contributed by atoms with Crippen LogP contribution in [0.1, 0.15) is 11.3 Å². The number of hydrogen-bond donors (Lipinski definition) is 3. The molecule has 0 saturated heterocycles. The molecule has 0 atom stereocenters. The van der Waals surface area contributed by atoms with Crippen molar-refractivity contribution >= 4 is 39.8 Å². The molecule has 162 valence electrons. The summed E-state index contributed by atoms with van der Waals surface area (Å²) in [5, 5.41) is 17.1. The summed E-state index contributed by atoms with van der Waals surface area (Å²) in [6.45, 7) is 2.06. The summed E-state index contributed by atoms with van der Waals surface area (Å²) in [4.78, 5) is 19.7. The van der Waals surface area contributed by atoms with Crippen LogP contribution in [0.15, 0.2) is 42.5 Å². The van der Waals surface area contributed by atoms with E-state index >= 15 is 0 Å². The number of aliphatic hydroxyl groups excluding tert-OH is 1. The van der Waals surface area contributed by atoms with Gasteiger partial charge in [-0.05, 0) is 24.3 Å². The molecule has 0 unspecified atom stereocenters. The van der Waals surface area contributed by atoms with Gasteiger partial charge in [-0.25, -0.2) is 0 Å². The standard InChI is InChI=1S/C23H25ClN4O3/c1-31-21-7-6-15(24)12-20(21)27-22(30)14-28-10-8-19-17(13-28)23(25-9-11-29)16-4-2-3-5-18(16)26-19/h2-7,12,29H,8-11,13-14H2,1H3,(H,25,26)(H,27,30). The van der Waals surface area contributed by atoms with E-state index in [9.17, 15) is 9.90 Å². The quantitative estimate of drug-likeness (QED) is 0.522. The van der Waals surface area contributed by atoms with Gasteiger partial charge in [0.15, 0.2) is 0 Å². The maximum Gasteiger partial charge on any atom is 0.238 e. The van der Waals surface area contributed by atoms with Crippen molar-refractivity contribution in [1.82, 2.24) is 9.88 Å². The van der Waals surface area contributed by atoms with Crippen LogP contribution in [0, 0.1) is 0 Å². The molecule has 3 N–H and O–H groups in total. The second-order valence-corrected chi connectivity index (χ2v) is 7.87. The Kier molecular flexibility index (Phi) is 6.56. The van der Waals surface area contributed by atoms with Gasteiger partial charge in [0.2, 0.25) is 5.91 Å². The molecular formula is C23H25ClN4O3. The lowest BCUT2D eigenvalue weighted by atomic mass is 9.99. The fraction of sp³-hybridized carbons (Fsp3) is 0.304. The third-order valence-electron chi connectivity index (χ3n) is 5.34. The summed E-state index contributed by atoms with van der Waals surface area (Å²) in [5.74, 6) is 0.426. The molecule has 3 aromatic rings. The smallest absolute Gasteiger partial charge is 0.238 e. The zero-order valence-electron chi connectivity index (χ0n) is 17.3. The summed E-state index contributed by atoms with van der Waals surface area (Å²) >= 11 is 6.06. The van der Waals surface area contributed by atoms with E-state index in [0.717, 1.165) is 40.8 Å². The van der Waals surface area contributed by atoms with Crippen molar-refractivity contribution in [1.29, 1.82) is 0 Å². The molecule has 2 heterocycles. The molecule has 2 aromatic carbocycles. The van der Waals surface area contributed by atoms with Gasteiger partial charge in [-0.3, -0.25) is 14.7 Å². The number of amides is 1. The predicted molar refractivity (Wildman–Crippen MR) is 123 cm³/mol. The molecule has 4 rings (SSSR count). The summed E-state index contributed by atoms with van der Waals surface area (Å²) in [6, 6.07) is 13.1. The number of methoxy groups -OCH3 is 1. The Morgan fingerprint density at radius 2 is 2.13 bits per heavy atom. The van der Waals surface area contributed by atoms with E-state index in [1.54, 1.807) is 25.3 Å². The van der Waals surface area contributed by atoms with Crippen molar-refractivity contribution in [3.05, 3.63) is 58.7 Å². The van der Waals surface area contributed by atoms with Crippen molar-refractivity contribution in [3.8, 4) is 5.75 Å². The van der Waals surface area contributed by atoms with Gasteiger partial charge in [0.1, 0.15) is 5.75 Å². The van der Waals surface area contributed by atoms with E-state index in [0.29, 0.717) is 29.5 Å². The molecule has 0 fully saturated rings. The molecule has 1 aromatic heterocycles. The molecule has 8 heteroatoms. The molecule has 7 nitrogen and oxygen atoms in total. The van der Waals surface area contributed by atoms with Crippen molar-refractivity contribution < 1.29 is 14.6 Å². The van der Waals surface area contributed by atoms with E-state index in [4.69, 9.17) is 21.3 Å². The molecular weight excluding hydrogens is 416 g/mol. The number of halogens is 1. The van der Waals surface area contributed by atoms with Crippen LogP contribution in [0.4, 0.5) is 11.4 Å². The number of ether oxygens (including phenoxy) is 1. The zero-order valence-corrected chi connectivity index (χ0v) is 18.1. The first-order chi connectivity index (χ1) is 15.1. The van der Waals surface area contributed by atoms with Gasteiger partial charge in [-0.15, -0.1) is 0 Å². The Morgan fingerprint density at radius 1 is 1.29 bits per heavy atom. The molecule has 0 aliphatic carbocycles. The highest BCUT2D eigenvalue weighted by molar-refractivity contribution is 6.31. The number of aromatic nitrogens is 1. The van der Waals surface area contributed by atoms with Crippen molar-refractivity contribution in [2.75, 3.05) is 44.0 Å². The molecule has 31 heavy (non-hydrogen) atoms. The number of fused-ring (bicyclic) bond motifs is 2. The van der Waals surface area contributed by atoms with Crippen LogP contribution in [-0.2, 0) is 17.8 Å². The first-order valence-electron chi connectivity index (χ1n) is 10.2. The normalized spacial score (nSPS) is 13.6. The van der Waals surface area contributed by atoms with Crippen molar-refractivity contribution in [2.45, 2.75) is 13.0 Å². The third-order valence-corrected chi connectivity index (χ3v) is 5.58. The number of carbonyl (C=O) groups is 1. The minimum Gasteiger partial charge on any atom is -0.495 e. The van der Waals surface area contributed by atoms with Gasteiger partial charge in [0.05, 0.1) is 37.2 Å². The van der Waals surface area contributed by atoms with Crippen LogP contribution in [0.2, 0.25) is 5.02 Å². The lowest BCUT2D eigenvalue weighted by Crippen LogP contribution is -2.38. The number of nitrogens with one attached hydrogen (secondary N) is 2. The zero-order chi connectivity index (χ0) is 21.8. The van der Waals surface area contributed by atoms with Gasteiger partial charge < -0.3 is 20.5 Å². The third kappa shape index (κ3) is 4.74. The first-order valence-corrected chi connectivity index (χ1v) is 10.6. The summed E-state index contributed by atoms with van der Waals surface area (Å²) < 4.78 is 5.31. The SMILES string of the molecule is COc1ccc(Cl)cc1NC(=O)CN1CCc2nc3ccccc3c(NCCO)c2C1.